The van der Waals surface area contributed by atoms with Crippen LogP contribution in [0.2, 0.25) is 5.02 Å². The summed E-state index contributed by atoms with van der Waals surface area (Å²) in [6.45, 7) is 2.42. The summed E-state index contributed by atoms with van der Waals surface area (Å²) in [6.07, 6.45) is 2.29. The Bertz CT molecular complexity index is 1030. The number of hydrogen-bond donors (Lipinski definition) is 1. The maximum atomic E-state index is 13.5. The Morgan fingerprint density at radius 2 is 2.03 bits per heavy atom. The van der Waals surface area contributed by atoms with Crippen molar-refractivity contribution in [3.63, 3.8) is 0 Å². The van der Waals surface area contributed by atoms with Gasteiger partial charge in [-0.25, -0.2) is 4.39 Å². The first kappa shape index (κ1) is 20.1. The maximum absolute atomic E-state index is 13.5. The van der Waals surface area contributed by atoms with Crippen molar-refractivity contribution in [2.75, 3.05) is 26.7 Å². The van der Waals surface area contributed by atoms with Crippen LogP contribution in [-0.2, 0) is 0 Å². The molecule has 1 aromatic heterocycles. The molecule has 1 N–H and O–H groups in total. The first-order chi connectivity index (χ1) is 14.1. The third-order valence-electron chi connectivity index (χ3n) is 5.33. The van der Waals surface area contributed by atoms with E-state index in [2.05, 4.69) is 10.2 Å². The highest BCUT2D eigenvalue weighted by Gasteiger charge is 2.27. The van der Waals surface area contributed by atoms with Crippen LogP contribution in [0.3, 0.4) is 0 Å². The fraction of sp³-hybridized carbons (Fsp3) is 0.318. The van der Waals surface area contributed by atoms with Crippen molar-refractivity contribution in [1.29, 1.82) is 0 Å². The van der Waals surface area contributed by atoms with Crippen LogP contribution in [0.15, 0.2) is 42.5 Å². The van der Waals surface area contributed by atoms with Gasteiger partial charge >= 0.3 is 0 Å². The molecule has 1 amide bonds. The summed E-state index contributed by atoms with van der Waals surface area (Å²) in [5, 5.41) is 4.11. The fourth-order valence-corrected chi connectivity index (χ4v) is 5.34. The number of para-hydroxylation sites is 1. The van der Waals surface area contributed by atoms with E-state index >= 15 is 0 Å². The number of likely N-dealkylation sites (tertiary alicyclic amines) is 1. The SMILES string of the molecule is COc1ccccc1[C@@H](CNC(=O)c1sc2cc(F)ccc2c1Cl)N1CCCC1. The van der Waals surface area contributed by atoms with Crippen LogP contribution in [0.4, 0.5) is 4.39 Å². The quantitative estimate of drug-likeness (QED) is 0.577. The van der Waals surface area contributed by atoms with E-state index in [-0.39, 0.29) is 17.8 Å². The molecule has 2 aromatic carbocycles. The van der Waals surface area contributed by atoms with Crippen LogP contribution in [0.25, 0.3) is 10.1 Å². The zero-order chi connectivity index (χ0) is 20.4. The number of carbonyl (C=O) groups is 1. The first-order valence-electron chi connectivity index (χ1n) is 9.61. The topological polar surface area (TPSA) is 41.6 Å². The number of thiophene rings is 1. The van der Waals surface area contributed by atoms with Gasteiger partial charge in [0, 0.05) is 22.2 Å². The molecule has 152 valence electrons. The van der Waals surface area contributed by atoms with Gasteiger partial charge in [-0.05, 0) is 50.2 Å². The molecule has 7 heteroatoms. The summed E-state index contributed by atoms with van der Waals surface area (Å²) in [6, 6.07) is 12.3. The Labute approximate surface area is 178 Å². The minimum absolute atomic E-state index is 0.0169. The van der Waals surface area contributed by atoms with Crippen LogP contribution in [0.1, 0.15) is 34.1 Å². The number of carbonyl (C=O) groups excluding carboxylic acids is 1. The van der Waals surface area contributed by atoms with Gasteiger partial charge in [-0.3, -0.25) is 9.69 Å². The van der Waals surface area contributed by atoms with Gasteiger partial charge in [0.15, 0.2) is 0 Å². The molecule has 0 spiro atoms. The third-order valence-corrected chi connectivity index (χ3v) is 6.99. The number of nitrogens with one attached hydrogen (secondary N) is 1. The Hall–Kier alpha value is -2.15. The average molecular weight is 433 g/mol. The van der Waals surface area contributed by atoms with Crippen LogP contribution < -0.4 is 10.1 Å². The van der Waals surface area contributed by atoms with Gasteiger partial charge in [-0.2, -0.15) is 0 Å². The molecule has 1 aliphatic heterocycles. The predicted molar refractivity (Wildman–Crippen MR) is 116 cm³/mol. The lowest BCUT2D eigenvalue weighted by Gasteiger charge is -2.29. The minimum Gasteiger partial charge on any atom is -0.496 e. The number of hydrogen-bond acceptors (Lipinski definition) is 4. The summed E-state index contributed by atoms with van der Waals surface area (Å²) >= 11 is 7.62. The van der Waals surface area contributed by atoms with E-state index in [0.717, 1.165) is 37.2 Å². The summed E-state index contributed by atoms with van der Waals surface area (Å²) in [5.74, 6) is 0.234. The molecule has 1 aliphatic rings. The molecular formula is C22H22ClFN2O2S. The van der Waals surface area contributed by atoms with Gasteiger partial charge in [0.25, 0.3) is 5.91 Å². The van der Waals surface area contributed by atoms with E-state index in [1.807, 2.05) is 24.3 Å². The maximum Gasteiger partial charge on any atom is 0.262 e. The number of rotatable bonds is 6. The normalized spacial score (nSPS) is 15.6. The lowest BCUT2D eigenvalue weighted by Crippen LogP contribution is -2.36. The molecule has 1 saturated heterocycles. The molecule has 4 nitrogen and oxygen atoms in total. The second-order valence-corrected chi connectivity index (χ2v) is 8.53. The number of benzene rings is 2. The summed E-state index contributed by atoms with van der Waals surface area (Å²) < 4.78 is 19.7. The largest absolute Gasteiger partial charge is 0.496 e. The third kappa shape index (κ3) is 4.10. The smallest absolute Gasteiger partial charge is 0.262 e. The number of halogens is 2. The van der Waals surface area contributed by atoms with E-state index in [9.17, 15) is 9.18 Å². The van der Waals surface area contributed by atoms with E-state index < -0.39 is 0 Å². The number of amides is 1. The molecule has 0 aliphatic carbocycles. The lowest BCUT2D eigenvalue weighted by atomic mass is 10.0. The second-order valence-electron chi connectivity index (χ2n) is 7.10. The van der Waals surface area contributed by atoms with E-state index in [4.69, 9.17) is 16.3 Å². The number of fused-ring (bicyclic) bond motifs is 1. The van der Waals surface area contributed by atoms with E-state index in [1.54, 1.807) is 13.2 Å². The standard InChI is InChI=1S/C22H22ClFN2O2S/c1-28-18-7-3-2-6-15(18)17(26-10-4-5-11-26)13-25-22(27)21-20(23)16-9-8-14(24)12-19(16)29-21/h2-3,6-9,12,17H,4-5,10-11,13H2,1H3,(H,25,27)/t17-/m1/s1. The van der Waals surface area contributed by atoms with Crippen molar-refractivity contribution in [3.8, 4) is 5.75 Å². The van der Waals surface area contributed by atoms with Crippen molar-refractivity contribution in [3.05, 3.63) is 63.7 Å². The highest BCUT2D eigenvalue weighted by molar-refractivity contribution is 7.21. The van der Waals surface area contributed by atoms with Crippen LogP contribution in [0, 0.1) is 5.82 Å². The Kier molecular flexibility index (Phi) is 6.04. The van der Waals surface area contributed by atoms with Crippen LogP contribution in [-0.4, -0.2) is 37.6 Å². The lowest BCUT2D eigenvalue weighted by molar-refractivity contribution is 0.0941. The Morgan fingerprint density at radius 3 is 2.79 bits per heavy atom. The van der Waals surface area contributed by atoms with Crippen molar-refractivity contribution in [2.45, 2.75) is 18.9 Å². The molecule has 2 heterocycles. The molecule has 1 atom stereocenters. The van der Waals surface area contributed by atoms with Crippen LogP contribution >= 0.6 is 22.9 Å². The van der Waals surface area contributed by atoms with Gasteiger partial charge in [0.2, 0.25) is 0 Å². The fourth-order valence-electron chi connectivity index (χ4n) is 3.89. The van der Waals surface area contributed by atoms with Crippen molar-refractivity contribution in [2.24, 2.45) is 0 Å². The molecule has 0 radical (unpaired) electrons. The molecule has 4 rings (SSSR count). The minimum atomic E-state index is -0.340. The molecular weight excluding hydrogens is 411 g/mol. The van der Waals surface area contributed by atoms with Gasteiger partial charge < -0.3 is 10.1 Å². The van der Waals surface area contributed by atoms with E-state index in [0.29, 0.717) is 26.5 Å². The van der Waals surface area contributed by atoms with Gasteiger partial charge in [0.1, 0.15) is 16.4 Å². The monoisotopic (exact) mass is 432 g/mol. The molecule has 0 bridgehead atoms. The number of ether oxygens (including phenoxy) is 1. The highest BCUT2D eigenvalue weighted by atomic mass is 35.5. The molecule has 29 heavy (non-hydrogen) atoms. The molecule has 0 saturated carbocycles. The number of nitrogens with zero attached hydrogens (tertiary/aromatic N) is 1. The van der Waals surface area contributed by atoms with Crippen molar-refractivity contribution < 1.29 is 13.9 Å². The average Bonchev–Trinajstić information content (AvgIpc) is 3.37. The molecule has 1 fully saturated rings. The molecule has 3 aromatic rings. The van der Waals surface area contributed by atoms with E-state index in [1.165, 1.54) is 23.5 Å². The van der Waals surface area contributed by atoms with Gasteiger partial charge in [0.05, 0.1) is 18.2 Å². The first-order valence-corrected chi connectivity index (χ1v) is 10.8. The second kappa shape index (κ2) is 8.69. The van der Waals surface area contributed by atoms with Crippen molar-refractivity contribution in [1.82, 2.24) is 10.2 Å². The van der Waals surface area contributed by atoms with Crippen LogP contribution in [0.5, 0.6) is 5.75 Å². The van der Waals surface area contributed by atoms with Gasteiger partial charge in [-0.1, -0.05) is 29.8 Å². The number of methoxy groups -OCH3 is 1. The van der Waals surface area contributed by atoms with Crippen molar-refractivity contribution >= 4 is 38.9 Å². The highest BCUT2D eigenvalue weighted by Crippen LogP contribution is 2.36. The zero-order valence-corrected chi connectivity index (χ0v) is 17.7. The Balaban J connectivity index is 1.57. The summed E-state index contributed by atoms with van der Waals surface area (Å²) in [4.78, 5) is 15.7. The molecule has 0 unspecified atom stereocenters. The predicted octanol–water partition coefficient (Wildman–Crippen LogP) is 5.27. The van der Waals surface area contributed by atoms with Gasteiger partial charge in [-0.15, -0.1) is 11.3 Å². The summed E-state index contributed by atoms with van der Waals surface area (Å²) in [7, 11) is 1.66. The zero-order valence-electron chi connectivity index (χ0n) is 16.1. The Morgan fingerprint density at radius 1 is 1.28 bits per heavy atom. The summed E-state index contributed by atoms with van der Waals surface area (Å²) in [5.41, 5.74) is 1.06.